The van der Waals surface area contributed by atoms with Crippen LogP contribution in [0.15, 0.2) is 106 Å². The van der Waals surface area contributed by atoms with Gasteiger partial charge < -0.3 is 9.47 Å². The molecule has 0 bridgehead atoms. The normalized spacial score (nSPS) is 13.9. The van der Waals surface area contributed by atoms with Gasteiger partial charge in [-0.05, 0) is 68.0 Å². The molecule has 0 radical (unpaired) electrons. The molecule has 0 amide bonds. The highest BCUT2D eigenvalue weighted by molar-refractivity contribution is 7.97. The molecule has 0 heterocycles. The maximum absolute atomic E-state index is 14.1. The van der Waals surface area contributed by atoms with E-state index >= 15 is 0 Å². The van der Waals surface area contributed by atoms with E-state index in [1.165, 1.54) is 0 Å². The van der Waals surface area contributed by atoms with E-state index in [0.717, 1.165) is 54.8 Å². The largest absolute Gasteiger partial charge is 0.482 e. The van der Waals surface area contributed by atoms with Crippen molar-refractivity contribution in [3.63, 3.8) is 0 Å². The maximum Gasteiger partial charge on any atom is 0.345 e. The van der Waals surface area contributed by atoms with E-state index in [-0.39, 0.29) is 16.4 Å². The molecule has 3 nitrogen and oxygen atoms in total. The Hall–Kier alpha value is -4.22. The first-order valence-corrected chi connectivity index (χ1v) is 14.2. The van der Waals surface area contributed by atoms with E-state index in [2.05, 4.69) is 11.8 Å². The van der Waals surface area contributed by atoms with Gasteiger partial charge in [0.25, 0.3) is 0 Å². The number of esters is 1. The van der Waals surface area contributed by atoms with E-state index in [4.69, 9.17) is 9.47 Å². The third-order valence-corrected chi connectivity index (χ3v) is 8.65. The average molecular weight is 578 g/mol. The Morgan fingerprint density at radius 3 is 1.80 bits per heavy atom. The van der Waals surface area contributed by atoms with Gasteiger partial charge in [-0.3, -0.25) is 0 Å². The molecule has 4 aromatic rings. The van der Waals surface area contributed by atoms with Crippen molar-refractivity contribution in [2.24, 2.45) is 0 Å². The fourth-order valence-electron chi connectivity index (χ4n) is 4.67. The summed E-state index contributed by atoms with van der Waals surface area (Å²) in [6, 6.07) is 21.9. The lowest BCUT2D eigenvalue weighted by molar-refractivity contribution is -0.156. The van der Waals surface area contributed by atoms with Crippen LogP contribution in [0.5, 0.6) is 5.75 Å². The quantitative estimate of drug-likeness (QED) is 0.0981. The first kappa shape index (κ1) is 28.3. The molecule has 1 aliphatic carbocycles. The molecule has 0 atom stereocenters. The SMILES string of the molecule is O=C(COc1ccc([S+](c2cc(F)cc(F)c2)c2cc(F)cc(F)c2)cc1)OC1(C#Cc2ccccc2)CCCC1. The predicted octanol–water partition coefficient (Wildman–Crippen LogP) is 7.62. The van der Waals surface area contributed by atoms with Crippen LogP contribution in [-0.4, -0.2) is 18.2 Å². The highest BCUT2D eigenvalue weighted by Crippen LogP contribution is 2.35. The number of carbonyl (C=O) groups is 1. The number of halogens is 4. The van der Waals surface area contributed by atoms with Crippen molar-refractivity contribution in [2.75, 3.05) is 6.61 Å². The topological polar surface area (TPSA) is 35.5 Å². The van der Waals surface area contributed by atoms with Crippen molar-refractivity contribution in [2.45, 2.75) is 46.0 Å². The van der Waals surface area contributed by atoms with Crippen molar-refractivity contribution >= 4 is 16.9 Å². The summed E-state index contributed by atoms with van der Waals surface area (Å²) >= 11 is 0. The summed E-state index contributed by atoms with van der Waals surface area (Å²) in [5.41, 5.74) is -0.0123. The van der Waals surface area contributed by atoms with Crippen molar-refractivity contribution in [3.8, 4) is 17.6 Å². The van der Waals surface area contributed by atoms with Gasteiger partial charge >= 0.3 is 5.97 Å². The highest BCUT2D eigenvalue weighted by Gasteiger charge is 2.36. The molecule has 1 saturated carbocycles. The van der Waals surface area contributed by atoms with Gasteiger partial charge in [-0.15, -0.1) is 0 Å². The van der Waals surface area contributed by atoms with E-state index in [1.807, 2.05) is 30.3 Å². The monoisotopic (exact) mass is 577 g/mol. The molecule has 5 rings (SSSR count). The Bertz CT molecular complexity index is 1500. The van der Waals surface area contributed by atoms with Crippen LogP contribution in [0.25, 0.3) is 0 Å². The second-order valence-corrected chi connectivity index (χ2v) is 11.6. The summed E-state index contributed by atoms with van der Waals surface area (Å²) in [5, 5.41) is 0. The van der Waals surface area contributed by atoms with E-state index in [0.29, 0.717) is 23.5 Å². The second-order valence-electron chi connectivity index (χ2n) is 9.57. The minimum Gasteiger partial charge on any atom is -0.482 e. The third-order valence-electron chi connectivity index (χ3n) is 6.49. The summed E-state index contributed by atoms with van der Waals surface area (Å²) in [6.07, 6.45) is 3.12. The van der Waals surface area contributed by atoms with Crippen LogP contribution < -0.4 is 4.74 Å². The van der Waals surface area contributed by atoms with Crippen LogP contribution in [0.2, 0.25) is 0 Å². The number of benzene rings is 4. The Balaban J connectivity index is 1.31. The van der Waals surface area contributed by atoms with Gasteiger partial charge in [0, 0.05) is 42.0 Å². The Morgan fingerprint density at radius 1 is 0.732 bits per heavy atom. The van der Waals surface area contributed by atoms with Gasteiger partial charge in [-0.2, -0.15) is 0 Å². The zero-order valence-corrected chi connectivity index (χ0v) is 22.7. The Kier molecular flexibility index (Phi) is 8.65. The first-order chi connectivity index (χ1) is 19.8. The number of hydrogen-bond donors (Lipinski definition) is 0. The number of ether oxygens (including phenoxy) is 2. The van der Waals surface area contributed by atoms with Gasteiger partial charge in [0.2, 0.25) is 0 Å². The summed E-state index contributed by atoms with van der Waals surface area (Å²) in [5.74, 6) is 2.83. The van der Waals surface area contributed by atoms with Crippen LogP contribution in [0.4, 0.5) is 17.6 Å². The Labute approximate surface area is 238 Å². The summed E-state index contributed by atoms with van der Waals surface area (Å²) in [6.45, 7) is -0.343. The van der Waals surface area contributed by atoms with E-state index in [9.17, 15) is 22.4 Å². The van der Waals surface area contributed by atoms with Gasteiger partial charge in [-0.25, -0.2) is 22.4 Å². The molecule has 0 saturated heterocycles. The number of rotatable bonds is 7. The van der Waals surface area contributed by atoms with Gasteiger partial charge in [0.1, 0.15) is 29.0 Å². The predicted molar refractivity (Wildman–Crippen MR) is 147 cm³/mol. The van der Waals surface area contributed by atoms with Crippen molar-refractivity contribution in [3.05, 3.63) is 120 Å². The number of hydrogen-bond acceptors (Lipinski definition) is 3. The molecule has 208 valence electrons. The third kappa shape index (κ3) is 7.30. The van der Waals surface area contributed by atoms with Crippen LogP contribution >= 0.6 is 0 Å². The smallest absolute Gasteiger partial charge is 0.345 e. The molecular weight excluding hydrogens is 552 g/mol. The summed E-state index contributed by atoms with van der Waals surface area (Å²) < 4.78 is 67.7. The fourth-order valence-corrected chi connectivity index (χ4v) is 6.82. The first-order valence-electron chi connectivity index (χ1n) is 13.0. The summed E-state index contributed by atoms with van der Waals surface area (Å²) in [4.78, 5) is 13.7. The van der Waals surface area contributed by atoms with Crippen molar-refractivity contribution in [1.82, 2.24) is 0 Å². The van der Waals surface area contributed by atoms with E-state index in [1.54, 1.807) is 24.3 Å². The van der Waals surface area contributed by atoms with Crippen molar-refractivity contribution < 1.29 is 31.8 Å². The van der Waals surface area contributed by atoms with Crippen LogP contribution in [0.1, 0.15) is 31.2 Å². The molecule has 1 aliphatic rings. The minimum atomic E-state index is -1.23. The molecule has 4 aromatic carbocycles. The van der Waals surface area contributed by atoms with E-state index < -0.39 is 45.7 Å². The number of carbonyl (C=O) groups excluding carboxylic acids is 1. The molecule has 8 heteroatoms. The molecule has 0 N–H and O–H groups in total. The lowest BCUT2D eigenvalue weighted by Gasteiger charge is -2.23. The molecule has 0 aromatic heterocycles. The van der Waals surface area contributed by atoms with Crippen LogP contribution in [-0.2, 0) is 20.4 Å². The van der Waals surface area contributed by atoms with Gasteiger partial charge in [0.05, 0.1) is 10.9 Å². The van der Waals surface area contributed by atoms with Gasteiger partial charge in [0.15, 0.2) is 26.9 Å². The van der Waals surface area contributed by atoms with Crippen molar-refractivity contribution in [1.29, 1.82) is 0 Å². The molecular formula is C33H25F4O3S+. The second kappa shape index (κ2) is 12.5. The molecule has 41 heavy (non-hydrogen) atoms. The molecule has 0 unspecified atom stereocenters. The van der Waals surface area contributed by atoms with Gasteiger partial charge in [-0.1, -0.05) is 24.1 Å². The summed E-state index contributed by atoms with van der Waals surface area (Å²) in [7, 11) is -1.23. The fraction of sp³-hybridized carbons (Fsp3) is 0.182. The molecule has 1 fully saturated rings. The maximum atomic E-state index is 14.1. The Morgan fingerprint density at radius 2 is 1.27 bits per heavy atom. The lowest BCUT2D eigenvalue weighted by atomic mass is 10.0. The molecule has 0 aliphatic heterocycles. The minimum absolute atomic E-state index is 0.211. The van der Waals surface area contributed by atoms with Crippen LogP contribution in [0, 0.1) is 35.1 Å². The zero-order chi connectivity index (χ0) is 28.8. The molecule has 0 spiro atoms. The van der Waals surface area contributed by atoms with Crippen LogP contribution in [0.3, 0.4) is 0 Å². The average Bonchev–Trinajstić information content (AvgIpc) is 3.40. The highest BCUT2D eigenvalue weighted by atomic mass is 32.2. The lowest BCUT2D eigenvalue weighted by Crippen LogP contribution is -2.32. The zero-order valence-electron chi connectivity index (χ0n) is 21.8. The standard InChI is InChI=1S/C33H25F4O3S/c34-24-16-25(35)19-30(18-24)41(31-20-26(36)17-27(37)21-31)29-10-8-28(9-11-29)39-22-32(38)40-33(13-4-5-14-33)15-12-23-6-2-1-3-7-23/h1-3,6-11,16-21H,4-5,13-14,22H2/q+1.